The summed E-state index contributed by atoms with van der Waals surface area (Å²) in [6.07, 6.45) is 2.09. The number of ether oxygens (including phenoxy) is 2. The Balaban J connectivity index is 1.87. The van der Waals surface area contributed by atoms with E-state index in [-0.39, 0.29) is 12.1 Å². The van der Waals surface area contributed by atoms with Crippen molar-refractivity contribution in [3.05, 3.63) is 35.4 Å². The Morgan fingerprint density at radius 1 is 1.28 bits per heavy atom. The Labute approximate surface area is 107 Å². The maximum absolute atomic E-state index is 5.97. The zero-order valence-electron chi connectivity index (χ0n) is 10.5. The van der Waals surface area contributed by atoms with E-state index in [4.69, 9.17) is 15.3 Å². The number of hydrogen-bond donors (Lipinski definition) is 2. The van der Waals surface area contributed by atoms with E-state index in [1.165, 1.54) is 11.1 Å². The molecule has 2 aliphatic heterocycles. The minimum atomic E-state index is 0.0478. The molecular weight excluding hydrogens is 228 g/mol. The molecule has 2 heterocycles. The first-order valence-corrected chi connectivity index (χ1v) is 6.63. The lowest BCUT2D eigenvalue weighted by Crippen LogP contribution is -2.47. The van der Waals surface area contributed by atoms with Crippen LogP contribution < -0.4 is 11.3 Å². The third-order valence-corrected chi connectivity index (χ3v) is 4.02. The summed E-state index contributed by atoms with van der Waals surface area (Å²) in [5, 5.41) is 0. The van der Waals surface area contributed by atoms with Crippen molar-refractivity contribution in [2.24, 2.45) is 11.8 Å². The molecule has 3 unspecified atom stereocenters. The number of benzene rings is 1. The summed E-state index contributed by atoms with van der Waals surface area (Å²) in [7, 11) is 0. The molecule has 0 amide bonds. The summed E-state index contributed by atoms with van der Waals surface area (Å²) >= 11 is 0. The van der Waals surface area contributed by atoms with Crippen molar-refractivity contribution in [3.8, 4) is 0 Å². The van der Waals surface area contributed by atoms with E-state index >= 15 is 0 Å². The lowest BCUT2D eigenvalue weighted by Gasteiger charge is -2.34. The van der Waals surface area contributed by atoms with E-state index in [1.54, 1.807) is 0 Å². The molecule has 3 atom stereocenters. The number of nitrogens with one attached hydrogen (secondary N) is 1. The highest BCUT2D eigenvalue weighted by Crippen LogP contribution is 2.34. The van der Waals surface area contributed by atoms with Gasteiger partial charge in [0.25, 0.3) is 0 Å². The van der Waals surface area contributed by atoms with Gasteiger partial charge in [0.15, 0.2) is 0 Å². The summed E-state index contributed by atoms with van der Waals surface area (Å²) in [4.78, 5) is 0. The largest absolute Gasteiger partial charge is 0.381 e. The smallest absolute Gasteiger partial charge is 0.0997 e. The highest BCUT2D eigenvalue weighted by Gasteiger charge is 2.35. The molecule has 3 rings (SSSR count). The molecule has 4 nitrogen and oxygen atoms in total. The van der Waals surface area contributed by atoms with Crippen LogP contribution in [0.5, 0.6) is 0 Å². The maximum atomic E-state index is 5.97. The van der Waals surface area contributed by atoms with Gasteiger partial charge < -0.3 is 9.47 Å². The Morgan fingerprint density at radius 2 is 2.17 bits per heavy atom. The summed E-state index contributed by atoms with van der Waals surface area (Å²) in [5.41, 5.74) is 5.61. The molecule has 18 heavy (non-hydrogen) atoms. The van der Waals surface area contributed by atoms with Crippen LogP contribution in [0.4, 0.5) is 0 Å². The molecule has 0 aromatic heterocycles. The first-order valence-electron chi connectivity index (χ1n) is 6.63. The first kappa shape index (κ1) is 12.1. The SMILES string of the molecule is NNC(C1CCOC1)C1OCCc2ccccc21. The van der Waals surface area contributed by atoms with Gasteiger partial charge in [-0.05, 0) is 24.0 Å². The maximum Gasteiger partial charge on any atom is 0.0997 e. The highest BCUT2D eigenvalue weighted by atomic mass is 16.5. The van der Waals surface area contributed by atoms with Crippen LogP contribution in [-0.2, 0) is 15.9 Å². The lowest BCUT2D eigenvalue weighted by atomic mass is 9.86. The van der Waals surface area contributed by atoms with Crippen molar-refractivity contribution in [2.45, 2.75) is 25.0 Å². The molecule has 0 bridgehead atoms. The van der Waals surface area contributed by atoms with Crippen molar-refractivity contribution in [3.63, 3.8) is 0 Å². The number of rotatable bonds is 3. The second kappa shape index (κ2) is 5.36. The van der Waals surface area contributed by atoms with E-state index in [1.807, 2.05) is 0 Å². The van der Waals surface area contributed by atoms with Gasteiger partial charge in [0.1, 0.15) is 0 Å². The van der Waals surface area contributed by atoms with Crippen LogP contribution in [0.2, 0.25) is 0 Å². The summed E-state index contributed by atoms with van der Waals surface area (Å²) in [6.45, 7) is 2.38. The molecular formula is C14H20N2O2. The topological polar surface area (TPSA) is 56.5 Å². The first-order chi connectivity index (χ1) is 8.90. The standard InChI is InChI=1S/C14H20N2O2/c15-16-13(11-5-7-17-9-11)14-12-4-2-1-3-10(12)6-8-18-14/h1-4,11,13-14,16H,5-9,15H2. The van der Waals surface area contributed by atoms with Crippen molar-refractivity contribution < 1.29 is 9.47 Å². The van der Waals surface area contributed by atoms with Gasteiger partial charge in [-0.3, -0.25) is 11.3 Å². The molecule has 1 fully saturated rings. The van der Waals surface area contributed by atoms with Gasteiger partial charge in [-0.2, -0.15) is 0 Å². The molecule has 0 aliphatic carbocycles. The quantitative estimate of drug-likeness (QED) is 0.623. The molecule has 0 radical (unpaired) electrons. The third kappa shape index (κ3) is 2.17. The van der Waals surface area contributed by atoms with Gasteiger partial charge in [-0.25, -0.2) is 0 Å². The van der Waals surface area contributed by atoms with Crippen LogP contribution in [0, 0.1) is 5.92 Å². The second-order valence-electron chi connectivity index (χ2n) is 5.06. The van der Waals surface area contributed by atoms with E-state index < -0.39 is 0 Å². The van der Waals surface area contributed by atoms with Crippen LogP contribution in [0.1, 0.15) is 23.7 Å². The molecule has 2 aliphatic rings. The van der Waals surface area contributed by atoms with Gasteiger partial charge >= 0.3 is 0 Å². The predicted molar refractivity (Wildman–Crippen MR) is 68.9 cm³/mol. The minimum absolute atomic E-state index is 0.0478. The molecule has 4 heteroatoms. The zero-order valence-corrected chi connectivity index (χ0v) is 10.5. The van der Waals surface area contributed by atoms with Crippen molar-refractivity contribution in [1.82, 2.24) is 5.43 Å². The fourth-order valence-electron chi connectivity index (χ4n) is 3.03. The zero-order chi connectivity index (χ0) is 12.4. The van der Waals surface area contributed by atoms with E-state index in [9.17, 15) is 0 Å². The van der Waals surface area contributed by atoms with Crippen molar-refractivity contribution in [2.75, 3.05) is 19.8 Å². The fourth-order valence-corrected chi connectivity index (χ4v) is 3.03. The van der Waals surface area contributed by atoms with Gasteiger partial charge in [0.05, 0.1) is 25.4 Å². The highest BCUT2D eigenvalue weighted by molar-refractivity contribution is 5.32. The number of fused-ring (bicyclic) bond motifs is 1. The average Bonchev–Trinajstić information content (AvgIpc) is 2.94. The van der Waals surface area contributed by atoms with Gasteiger partial charge in [0, 0.05) is 12.5 Å². The molecule has 98 valence electrons. The van der Waals surface area contributed by atoms with Crippen LogP contribution in [0.25, 0.3) is 0 Å². The summed E-state index contributed by atoms with van der Waals surface area (Å²) < 4.78 is 11.4. The molecule has 0 spiro atoms. The molecule has 1 aromatic carbocycles. The number of hydrogen-bond acceptors (Lipinski definition) is 4. The summed E-state index contributed by atoms with van der Waals surface area (Å²) in [5.74, 6) is 6.19. The Hall–Kier alpha value is -0.940. The Morgan fingerprint density at radius 3 is 2.94 bits per heavy atom. The van der Waals surface area contributed by atoms with Crippen molar-refractivity contribution in [1.29, 1.82) is 0 Å². The summed E-state index contributed by atoms with van der Waals surface area (Å²) in [6, 6.07) is 8.63. The van der Waals surface area contributed by atoms with E-state index in [0.717, 1.165) is 32.7 Å². The van der Waals surface area contributed by atoms with E-state index in [0.29, 0.717) is 5.92 Å². The second-order valence-corrected chi connectivity index (χ2v) is 5.06. The number of nitrogens with two attached hydrogens (primary N) is 1. The van der Waals surface area contributed by atoms with Gasteiger partial charge in [0.2, 0.25) is 0 Å². The monoisotopic (exact) mass is 248 g/mol. The third-order valence-electron chi connectivity index (χ3n) is 4.02. The fraction of sp³-hybridized carbons (Fsp3) is 0.571. The Kier molecular flexibility index (Phi) is 3.61. The van der Waals surface area contributed by atoms with Gasteiger partial charge in [-0.1, -0.05) is 24.3 Å². The minimum Gasteiger partial charge on any atom is -0.381 e. The number of hydrazine groups is 1. The lowest BCUT2D eigenvalue weighted by molar-refractivity contribution is -0.00186. The normalized spacial score (nSPS) is 28.9. The molecule has 3 N–H and O–H groups in total. The van der Waals surface area contributed by atoms with Gasteiger partial charge in [-0.15, -0.1) is 0 Å². The van der Waals surface area contributed by atoms with Crippen LogP contribution in [0.3, 0.4) is 0 Å². The van der Waals surface area contributed by atoms with Crippen molar-refractivity contribution >= 4 is 0 Å². The van der Waals surface area contributed by atoms with Crippen LogP contribution in [0.15, 0.2) is 24.3 Å². The van der Waals surface area contributed by atoms with Crippen LogP contribution >= 0.6 is 0 Å². The predicted octanol–water partition coefficient (Wildman–Crippen LogP) is 1.17. The van der Waals surface area contributed by atoms with Crippen LogP contribution in [-0.4, -0.2) is 25.9 Å². The Bertz CT molecular complexity index is 405. The molecule has 1 aromatic rings. The van der Waals surface area contributed by atoms with E-state index in [2.05, 4.69) is 29.7 Å². The molecule has 0 saturated carbocycles. The average molecular weight is 248 g/mol. The molecule has 1 saturated heterocycles.